The minimum absolute atomic E-state index is 0.185. The van der Waals surface area contributed by atoms with Crippen LogP contribution in [0.5, 0.6) is 0 Å². The molecule has 10 nitrogen and oxygen atoms in total. The van der Waals surface area contributed by atoms with Gasteiger partial charge in [0.2, 0.25) is 5.91 Å². The topological polar surface area (TPSA) is 105 Å². The molecule has 0 spiro atoms. The summed E-state index contributed by atoms with van der Waals surface area (Å²) in [6, 6.07) is 4.00. The Morgan fingerprint density at radius 1 is 1.06 bits per heavy atom. The van der Waals surface area contributed by atoms with Gasteiger partial charge in [-0.25, -0.2) is 9.97 Å². The number of carbonyl (C=O) groups excluding carboxylic acids is 1. The maximum Gasteiger partial charge on any atom is 0.225 e. The molecule has 0 unspecified atom stereocenters. The third-order valence-electron chi connectivity index (χ3n) is 7.31. The summed E-state index contributed by atoms with van der Waals surface area (Å²) in [6.07, 6.45) is 3.71. The third kappa shape index (κ3) is 5.50. The van der Waals surface area contributed by atoms with Crippen molar-refractivity contribution in [1.82, 2.24) is 35.3 Å². The Morgan fingerprint density at radius 2 is 1.85 bits per heavy atom. The molecule has 1 amide bonds. The maximum atomic E-state index is 13.0. The molecule has 3 fully saturated rings. The van der Waals surface area contributed by atoms with Crippen molar-refractivity contribution in [3.05, 3.63) is 23.7 Å². The molecular weight excluding hydrogens is 430 g/mol. The number of likely N-dealkylation sites (N-methyl/N-ethyl adjacent to an activating group) is 1. The Hall–Kier alpha value is -2.72. The van der Waals surface area contributed by atoms with Crippen LogP contribution < -0.4 is 15.5 Å². The van der Waals surface area contributed by atoms with Crippen molar-refractivity contribution in [3.63, 3.8) is 0 Å². The van der Waals surface area contributed by atoms with E-state index < -0.39 is 0 Å². The minimum atomic E-state index is 0.185. The van der Waals surface area contributed by atoms with Gasteiger partial charge in [0.1, 0.15) is 17.5 Å². The number of likely N-dealkylation sites (tertiary alicyclic amines) is 1. The number of carbonyl (C=O) groups is 1. The Morgan fingerprint density at radius 3 is 2.59 bits per heavy atom. The van der Waals surface area contributed by atoms with Crippen molar-refractivity contribution in [3.8, 4) is 0 Å². The molecule has 3 saturated heterocycles. The van der Waals surface area contributed by atoms with Crippen LogP contribution in [0.2, 0.25) is 0 Å². The number of aromatic nitrogens is 4. The highest BCUT2D eigenvalue weighted by molar-refractivity contribution is 5.79. The van der Waals surface area contributed by atoms with Crippen molar-refractivity contribution in [2.45, 2.75) is 32.6 Å². The van der Waals surface area contributed by atoms with Crippen LogP contribution in [0.3, 0.4) is 0 Å². The van der Waals surface area contributed by atoms with Crippen LogP contribution in [-0.4, -0.2) is 95.3 Å². The standard InChI is InChI=1S/C24H37N9O/c1-17-13-22(30-29-17)27-21-15-23(32-11-9-31(2)10-12-32)28-20(26-21)14-18-5-8-33(16-18)24(34)19-3-6-25-7-4-19/h13,15,18-19,25H,3-12,14,16H2,1-2H3,(H2,26,27,28,29,30)/t18-/m0/s1. The summed E-state index contributed by atoms with van der Waals surface area (Å²) in [5.74, 6) is 4.25. The lowest BCUT2D eigenvalue weighted by Gasteiger charge is -2.33. The number of aromatic amines is 1. The van der Waals surface area contributed by atoms with E-state index >= 15 is 0 Å². The van der Waals surface area contributed by atoms with Gasteiger partial charge in [0.15, 0.2) is 5.82 Å². The zero-order valence-electron chi connectivity index (χ0n) is 20.4. The molecule has 10 heteroatoms. The first-order chi connectivity index (χ1) is 16.5. The number of nitrogens with zero attached hydrogens (tertiary/aromatic N) is 6. The molecule has 34 heavy (non-hydrogen) atoms. The van der Waals surface area contributed by atoms with Gasteiger partial charge in [0, 0.05) is 69.4 Å². The van der Waals surface area contributed by atoms with Crippen LogP contribution in [0.1, 0.15) is 30.8 Å². The molecule has 0 saturated carbocycles. The molecule has 3 N–H and O–H groups in total. The first-order valence-electron chi connectivity index (χ1n) is 12.6. The van der Waals surface area contributed by atoms with Gasteiger partial charge in [0.25, 0.3) is 0 Å². The van der Waals surface area contributed by atoms with Crippen molar-refractivity contribution in [2.24, 2.45) is 11.8 Å². The lowest BCUT2D eigenvalue weighted by molar-refractivity contribution is -0.135. The van der Waals surface area contributed by atoms with Gasteiger partial charge in [-0.2, -0.15) is 5.10 Å². The van der Waals surface area contributed by atoms with Crippen molar-refractivity contribution in [1.29, 1.82) is 0 Å². The summed E-state index contributed by atoms with van der Waals surface area (Å²) < 4.78 is 0. The molecule has 3 aliphatic rings. The number of amides is 1. The lowest BCUT2D eigenvalue weighted by atomic mass is 9.96. The van der Waals surface area contributed by atoms with Crippen molar-refractivity contribution in [2.75, 3.05) is 69.6 Å². The number of rotatable bonds is 6. The van der Waals surface area contributed by atoms with E-state index in [0.29, 0.717) is 11.8 Å². The molecule has 0 aliphatic carbocycles. The fourth-order valence-electron chi connectivity index (χ4n) is 5.23. The summed E-state index contributed by atoms with van der Waals surface area (Å²) in [7, 11) is 2.16. The Balaban J connectivity index is 1.29. The van der Waals surface area contributed by atoms with Gasteiger partial charge in [-0.3, -0.25) is 9.89 Å². The minimum Gasteiger partial charge on any atom is -0.354 e. The smallest absolute Gasteiger partial charge is 0.225 e. The molecule has 0 bridgehead atoms. The first kappa shape index (κ1) is 23.0. The summed E-state index contributed by atoms with van der Waals surface area (Å²) in [4.78, 5) is 29.6. The molecule has 0 radical (unpaired) electrons. The summed E-state index contributed by atoms with van der Waals surface area (Å²) in [5.41, 5.74) is 1.00. The van der Waals surface area contributed by atoms with Gasteiger partial charge < -0.3 is 25.3 Å². The molecule has 1 atom stereocenters. The molecule has 2 aromatic heterocycles. The van der Waals surface area contributed by atoms with Crippen LogP contribution in [0.15, 0.2) is 12.1 Å². The summed E-state index contributed by atoms with van der Waals surface area (Å²) in [5, 5.41) is 14.0. The van der Waals surface area contributed by atoms with Gasteiger partial charge in [0.05, 0.1) is 0 Å². The normalized spacial score (nSPS) is 22.4. The summed E-state index contributed by atoms with van der Waals surface area (Å²) in [6.45, 7) is 9.50. The van der Waals surface area contributed by atoms with E-state index in [4.69, 9.17) is 9.97 Å². The quantitative estimate of drug-likeness (QED) is 0.586. The molecule has 0 aromatic carbocycles. The van der Waals surface area contributed by atoms with E-state index in [-0.39, 0.29) is 5.92 Å². The lowest BCUT2D eigenvalue weighted by Crippen LogP contribution is -2.45. The highest BCUT2D eigenvalue weighted by Gasteiger charge is 2.32. The van der Waals surface area contributed by atoms with Gasteiger partial charge >= 0.3 is 0 Å². The van der Waals surface area contributed by atoms with Gasteiger partial charge in [-0.1, -0.05) is 0 Å². The Kier molecular flexibility index (Phi) is 6.96. The van der Waals surface area contributed by atoms with E-state index in [9.17, 15) is 4.79 Å². The van der Waals surface area contributed by atoms with Crippen LogP contribution >= 0.6 is 0 Å². The number of anilines is 3. The maximum absolute atomic E-state index is 13.0. The molecule has 2 aromatic rings. The molecule has 5 rings (SSSR count). The first-order valence-corrected chi connectivity index (χ1v) is 12.6. The predicted octanol–water partition coefficient (Wildman–Crippen LogP) is 1.39. The predicted molar refractivity (Wildman–Crippen MR) is 132 cm³/mol. The largest absolute Gasteiger partial charge is 0.354 e. The number of hydrogen-bond donors (Lipinski definition) is 3. The van der Waals surface area contributed by atoms with E-state index in [0.717, 1.165) is 107 Å². The van der Waals surface area contributed by atoms with Crippen LogP contribution in [0.25, 0.3) is 0 Å². The van der Waals surface area contributed by atoms with Crippen LogP contribution in [-0.2, 0) is 11.2 Å². The molecule has 5 heterocycles. The fraction of sp³-hybridized carbons (Fsp3) is 0.667. The van der Waals surface area contributed by atoms with Gasteiger partial charge in [-0.15, -0.1) is 0 Å². The van der Waals surface area contributed by atoms with E-state index in [1.807, 2.05) is 19.1 Å². The monoisotopic (exact) mass is 467 g/mol. The molecule has 184 valence electrons. The van der Waals surface area contributed by atoms with E-state index in [1.165, 1.54) is 0 Å². The fourth-order valence-corrected chi connectivity index (χ4v) is 5.23. The zero-order chi connectivity index (χ0) is 23.5. The number of aryl methyl sites for hydroxylation is 1. The SMILES string of the molecule is Cc1cc(Nc2cc(N3CCN(C)CC3)nc(C[C@@H]3CCN(C(=O)C4CCNCC4)C3)n2)n[nH]1. The highest BCUT2D eigenvalue weighted by atomic mass is 16.2. The second kappa shape index (κ2) is 10.3. The van der Waals surface area contributed by atoms with E-state index in [1.54, 1.807) is 0 Å². The second-order valence-electron chi connectivity index (χ2n) is 10.0. The average Bonchev–Trinajstić information content (AvgIpc) is 3.48. The number of nitrogens with one attached hydrogen (secondary N) is 3. The third-order valence-corrected chi connectivity index (χ3v) is 7.31. The highest BCUT2D eigenvalue weighted by Crippen LogP contribution is 2.26. The number of piperazine rings is 1. The Labute approximate surface area is 201 Å². The van der Waals surface area contributed by atoms with Gasteiger partial charge in [-0.05, 0) is 52.2 Å². The van der Waals surface area contributed by atoms with Crippen LogP contribution in [0.4, 0.5) is 17.5 Å². The average molecular weight is 468 g/mol. The van der Waals surface area contributed by atoms with Crippen molar-refractivity contribution < 1.29 is 4.79 Å². The van der Waals surface area contributed by atoms with E-state index in [2.05, 4.69) is 42.6 Å². The Bertz CT molecular complexity index is 979. The zero-order valence-corrected chi connectivity index (χ0v) is 20.4. The number of hydrogen-bond acceptors (Lipinski definition) is 8. The number of piperidine rings is 1. The molecular formula is C24H37N9O. The second-order valence-corrected chi connectivity index (χ2v) is 10.0. The van der Waals surface area contributed by atoms with Crippen LogP contribution in [0, 0.1) is 18.8 Å². The number of H-pyrrole nitrogens is 1. The summed E-state index contributed by atoms with van der Waals surface area (Å²) >= 11 is 0. The molecule has 3 aliphatic heterocycles. The van der Waals surface area contributed by atoms with Crippen molar-refractivity contribution >= 4 is 23.4 Å².